The Hall–Kier alpha value is -2.14. The molecule has 1 heterocycles. The second-order valence-electron chi connectivity index (χ2n) is 5.32. The number of oxazole rings is 1. The first-order valence-electron chi connectivity index (χ1n) is 6.83. The van der Waals surface area contributed by atoms with Gasteiger partial charge in [0.2, 0.25) is 0 Å². The van der Waals surface area contributed by atoms with E-state index in [0.29, 0.717) is 33.7 Å². The summed E-state index contributed by atoms with van der Waals surface area (Å²) in [7, 11) is -1.23. The van der Waals surface area contributed by atoms with E-state index in [1.807, 2.05) is 12.1 Å². The Morgan fingerprint density at radius 3 is 3.00 bits per heavy atom. The minimum absolute atomic E-state index is 0.292. The fraction of sp³-hybridized carbons (Fsp3) is 0.188. The van der Waals surface area contributed by atoms with E-state index in [9.17, 15) is 4.21 Å². The summed E-state index contributed by atoms with van der Waals surface area (Å²) >= 11 is 0. The molecular formula is C16H14N2O2S. The normalized spacial score (nSPS) is 18.2. The smallest absolute Gasteiger partial charge is 0.287 e. The lowest BCUT2D eigenvalue weighted by molar-refractivity contribution is 0.476. The number of hydrogen-bond donors (Lipinski definition) is 1. The Bertz CT molecular complexity index is 856. The quantitative estimate of drug-likeness (QED) is 0.755. The molecule has 0 bridgehead atoms. The van der Waals surface area contributed by atoms with Gasteiger partial charge in [-0.2, -0.15) is 0 Å². The van der Waals surface area contributed by atoms with Gasteiger partial charge < -0.3 is 10.2 Å². The zero-order chi connectivity index (χ0) is 14.4. The van der Waals surface area contributed by atoms with E-state index < -0.39 is 10.8 Å². The first-order valence-corrected chi connectivity index (χ1v) is 8.15. The van der Waals surface area contributed by atoms with Crippen LogP contribution in [0.4, 0.5) is 5.69 Å². The van der Waals surface area contributed by atoms with Crippen LogP contribution in [0.25, 0.3) is 11.1 Å². The summed E-state index contributed by atoms with van der Waals surface area (Å²) < 4.78 is 18.0. The lowest BCUT2D eigenvalue weighted by Gasteiger charge is -2.29. The van der Waals surface area contributed by atoms with Gasteiger partial charge in [0.25, 0.3) is 5.22 Å². The highest BCUT2D eigenvalue weighted by atomic mass is 32.2. The van der Waals surface area contributed by atoms with E-state index in [1.165, 1.54) is 11.1 Å². The highest BCUT2D eigenvalue weighted by Crippen LogP contribution is 2.36. The number of nitrogens with zero attached hydrogens (tertiary/aromatic N) is 1. The second-order valence-corrected chi connectivity index (χ2v) is 6.69. The van der Waals surface area contributed by atoms with Crippen LogP contribution in [0.5, 0.6) is 0 Å². The number of aromatic nitrogens is 1. The molecule has 0 spiro atoms. The molecule has 2 atom stereocenters. The molecule has 0 saturated carbocycles. The number of hydrogen-bond acceptors (Lipinski definition) is 4. The van der Waals surface area contributed by atoms with Crippen molar-refractivity contribution in [2.75, 3.05) is 11.5 Å². The van der Waals surface area contributed by atoms with Crippen molar-refractivity contribution in [1.29, 1.82) is 0 Å². The molecule has 0 fully saturated rings. The molecule has 4 nitrogen and oxygen atoms in total. The van der Waals surface area contributed by atoms with E-state index in [0.717, 1.165) is 6.42 Å². The Morgan fingerprint density at radius 1 is 1.29 bits per heavy atom. The molecule has 0 radical (unpaired) electrons. The lowest BCUT2D eigenvalue weighted by Crippen LogP contribution is -2.22. The van der Waals surface area contributed by atoms with Gasteiger partial charge in [0.15, 0.2) is 5.58 Å². The first-order chi connectivity index (χ1) is 10.2. The molecule has 3 aromatic rings. The van der Waals surface area contributed by atoms with Crippen LogP contribution in [0, 0.1) is 0 Å². The van der Waals surface area contributed by atoms with Gasteiger partial charge in [-0.05, 0) is 35.7 Å². The van der Waals surface area contributed by atoms with Gasteiger partial charge in [-0.25, -0.2) is 9.19 Å². The molecule has 2 N–H and O–H groups in total. The van der Waals surface area contributed by atoms with Crippen molar-refractivity contribution in [2.24, 2.45) is 0 Å². The molecule has 5 heteroatoms. The fourth-order valence-electron chi connectivity index (χ4n) is 2.79. The van der Waals surface area contributed by atoms with Gasteiger partial charge in [-0.3, -0.25) is 0 Å². The van der Waals surface area contributed by atoms with Crippen LogP contribution in [-0.4, -0.2) is 14.9 Å². The largest absolute Gasteiger partial charge is 0.430 e. The molecule has 0 amide bonds. The van der Waals surface area contributed by atoms with Gasteiger partial charge in [0.05, 0.1) is 0 Å². The summed E-state index contributed by atoms with van der Waals surface area (Å²) in [5.41, 5.74) is 10.3. The van der Waals surface area contributed by atoms with Crippen molar-refractivity contribution in [1.82, 2.24) is 4.98 Å². The average molecular weight is 298 g/mol. The van der Waals surface area contributed by atoms with Crippen molar-refractivity contribution in [3.8, 4) is 0 Å². The zero-order valence-electron chi connectivity index (χ0n) is 11.3. The van der Waals surface area contributed by atoms with Gasteiger partial charge in [-0.15, -0.1) is 0 Å². The van der Waals surface area contributed by atoms with Gasteiger partial charge in [0.1, 0.15) is 16.3 Å². The molecule has 21 heavy (non-hydrogen) atoms. The maximum absolute atomic E-state index is 12.4. The summed E-state index contributed by atoms with van der Waals surface area (Å²) in [5, 5.41) is 0.292. The van der Waals surface area contributed by atoms with E-state index in [2.05, 4.69) is 17.1 Å². The third-order valence-electron chi connectivity index (χ3n) is 3.90. The molecule has 1 aromatic heterocycles. The minimum Gasteiger partial charge on any atom is -0.430 e. The zero-order valence-corrected chi connectivity index (χ0v) is 12.1. The van der Waals surface area contributed by atoms with Crippen LogP contribution in [0.2, 0.25) is 0 Å². The van der Waals surface area contributed by atoms with Gasteiger partial charge in [0, 0.05) is 17.4 Å². The highest BCUT2D eigenvalue weighted by Gasteiger charge is 2.28. The van der Waals surface area contributed by atoms with E-state index in [4.69, 9.17) is 10.2 Å². The Balaban J connectivity index is 1.57. The van der Waals surface area contributed by atoms with Crippen LogP contribution < -0.4 is 5.73 Å². The monoisotopic (exact) mass is 298 g/mol. The fourth-order valence-corrected chi connectivity index (χ4v) is 3.97. The highest BCUT2D eigenvalue weighted by molar-refractivity contribution is 7.84. The SMILES string of the molecule is Nc1ccc2oc(S(=O)CC3Cc4ccccc43)nc2c1. The Morgan fingerprint density at radius 2 is 2.14 bits per heavy atom. The summed E-state index contributed by atoms with van der Waals surface area (Å²) in [5.74, 6) is 0.890. The second kappa shape index (κ2) is 4.70. The first kappa shape index (κ1) is 12.6. The molecule has 2 unspecified atom stereocenters. The topological polar surface area (TPSA) is 69.1 Å². The Kier molecular flexibility index (Phi) is 2.82. The predicted octanol–water partition coefficient (Wildman–Crippen LogP) is 2.86. The summed E-state index contributed by atoms with van der Waals surface area (Å²) in [6, 6.07) is 13.5. The van der Waals surface area contributed by atoms with Crippen molar-refractivity contribution < 1.29 is 8.63 Å². The third-order valence-corrected chi connectivity index (χ3v) is 5.17. The van der Waals surface area contributed by atoms with E-state index in [-0.39, 0.29) is 0 Å². The molecule has 106 valence electrons. The molecular weight excluding hydrogens is 284 g/mol. The Labute approximate surface area is 124 Å². The average Bonchev–Trinajstić information content (AvgIpc) is 2.87. The van der Waals surface area contributed by atoms with E-state index >= 15 is 0 Å². The number of nitrogen functional groups attached to an aromatic ring is 1. The number of nitrogens with two attached hydrogens (primary N) is 1. The number of rotatable bonds is 3. The van der Waals surface area contributed by atoms with Crippen LogP contribution in [-0.2, 0) is 17.2 Å². The van der Waals surface area contributed by atoms with Crippen molar-refractivity contribution >= 4 is 27.6 Å². The standard InChI is InChI=1S/C16H14N2O2S/c17-12-5-6-15-14(8-12)18-16(20-15)21(19)9-11-7-10-3-1-2-4-13(10)11/h1-6,8,11H,7,9,17H2. The number of anilines is 1. The van der Waals surface area contributed by atoms with Gasteiger partial charge in [-0.1, -0.05) is 24.3 Å². The summed E-state index contributed by atoms with van der Waals surface area (Å²) in [6.07, 6.45) is 0.981. The van der Waals surface area contributed by atoms with Crippen LogP contribution in [0.3, 0.4) is 0 Å². The minimum atomic E-state index is -1.23. The maximum atomic E-state index is 12.4. The third kappa shape index (κ3) is 2.14. The maximum Gasteiger partial charge on any atom is 0.287 e. The lowest BCUT2D eigenvalue weighted by atomic mass is 9.79. The van der Waals surface area contributed by atoms with Gasteiger partial charge >= 0.3 is 0 Å². The van der Waals surface area contributed by atoms with Crippen molar-refractivity contribution in [2.45, 2.75) is 17.6 Å². The molecule has 0 saturated heterocycles. The summed E-state index contributed by atoms with van der Waals surface area (Å²) in [6.45, 7) is 0. The van der Waals surface area contributed by atoms with Crippen LogP contribution in [0.1, 0.15) is 17.0 Å². The molecule has 4 rings (SSSR count). The molecule has 1 aliphatic rings. The van der Waals surface area contributed by atoms with Crippen molar-refractivity contribution in [3.05, 3.63) is 53.6 Å². The van der Waals surface area contributed by atoms with Crippen LogP contribution in [0.15, 0.2) is 52.1 Å². The molecule has 1 aliphatic carbocycles. The number of benzene rings is 2. The number of fused-ring (bicyclic) bond motifs is 2. The van der Waals surface area contributed by atoms with Crippen LogP contribution >= 0.6 is 0 Å². The van der Waals surface area contributed by atoms with E-state index in [1.54, 1.807) is 18.2 Å². The summed E-state index contributed by atoms with van der Waals surface area (Å²) in [4.78, 5) is 4.29. The predicted molar refractivity (Wildman–Crippen MR) is 82.6 cm³/mol. The molecule has 2 aromatic carbocycles. The molecule has 0 aliphatic heterocycles. The van der Waals surface area contributed by atoms with Crippen molar-refractivity contribution in [3.63, 3.8) is 0 Å².